The van der Waals surface area contributed by atoms with Crippen molar-refractivity contribution in [3.05, 3.63) is 75.7 Å². The molecule has 0 heterocycles. The summed E-state index contributed by atoms with van der Waals surface area (Å²) in [6.45, 7) is 0.0862. The number of nitrogens with zero attached hydrogens (tertiary/aromatic N) is 3. The predicted molar refractivity (Wildman–Crippen MR) is 81.6 cm³/mol. The number of anilines is 1. The molecule has 0 aliphatic heterocycles. The zero-order valence-corrected chi connectivity index (χ0v) is 11.2. The van der Waals surface area contributed by atoms with Crippen molar-refractivity contribution in [2.75, 3.05) is 12.3 Å². The SMILES string of the molecule is [N-]=[N+]=NCC#Cc1ccc(N)c(C(=O)c2ccccc2)c1. The molecule has 2 aromatic carbocycles. The zero-order chi connectivity index (χ0) is 15.1. The average molecular weight is 276 g/mol. The first-order valence-corrected chi connectivity index (χ1v) is 6.21. The number of ketones is 1. The molecule has 0 radical (unpaired) electrons. The molecular formula is C16H12N4O. The lowest BCUT2D eigenvalue weighted by molar-refractivity contribution is 0.103. The van der Waals surface area contributed by atoms with Crippen LogP contribution in [0.15, 0.2) is 53.6 Å². The van der Waals surface area contributed by atoms with Gasteiger partial charge in [-0.3, -0.25) is 4.79 Å². The highest BCUT2D eigenvalue weighted by molar-refractivity contribution is 6.12. The van der Waals surface area contributed by atoms with Crippen LogP contribution in [0.5, 0.6) is 0 Å². The third-order valence-corrected chi connectivity index (χ3v) is 2.78. The van der Waals surface area contributed by atoms with Gasteiger partial charge < -0.3 is 5.73 Å². The van der Waals surface area contributed by atoms with Crippen LogP contribution in [-0.2, 0) is 0 Å². The fourth-order valence-corrected chi connectivity index (χ4v) is 1.78. The quantitative estimate of drug-likeness (QED) is 0.233. The lowest BCUT2D eigenvalue weighted by Crippen LogP contribution is -2.05. The Kier molecular flexibility index (Phi) is 4.60. The molecule has 21 heavy (non-hydrogen) atoms. The highest BCUT2D eigenvalue weighted by Crippen LogP contribution is 2.18. The summed E-state index contributed by atoms with van der Waals surface area (Å²) in [7, 11) is 0. The van der Waals surface area contributed by atoms with Gasteiger partial charge in [-0.15, -0.1) is 0 Å². The van der Waals surface area contributed by atoms with E-state index < -0.39 is 0 Å². The first-order valence-electron chi connectivity index (χ1n) is 6.21. The van der Waals surface area contributed by atoms with Gasteiger partial charge in [-0.1, -0.05) is 47.3 Å². The summed E-state index contributed by atoms with van der Waals surface area (Å²) in [6, 6.07) is 13.9. The number of nitrogens with two attached hydrogens (primary N) is 1. The highest BCUT2D eigenvalue weighted by Gasteiger charge is 2.12. The number of rotatable bonds is 3. The molecule has 0 saturated heterocycles. The standard InChI is InChI=1S/C16H12N4O/c17-15-9-8-12(5-4-10-19-20-18)11-14(15)16(21)13-6-2-1-3-7-13/h1-3,6-9,11H,10,17H2. The van der Waals surface area contributed by atoms with E-state index in [1.807, 2.05) is 6.07 Å². The third-order valence-electron chi connectivity index (χ3n) is 2.78. The van der Waals surface area contributed by atoms with Gasteiger partial charge in [-0.2, -0.15) is 0 Å². The lowest BCUT2D eigenvalue weighted by atomic mass is 10.00. The topological polar surface area (TPSA) is 91.8 Å². The zero-order valence-electron chi connectivity index (χ0n) is 11.2. The van der Waals surface area contributed by atoms with Crippen LogP contribution < -0.4 is 5.73 Å². The molecule has 2 rings (SSSR count). The van der Waals surface area contributed by atoms with E-state index in [4.69, 9.17) is 11.3 Å². The Bertz CT molecular complexity index is 766. The van der Waals surface area contributed by atoms with Crippen molar-refractivity contribution in [1.29, 1.82) is 0 Å². The third kappa shape index (κ3) is 3.63. The normalized spacial score (nSPS) is 9.14. The van der Waals surface area contributed by atoms with Gasteiger partial charge in [-0.05, 0) is 23.7 Å². The van der Waals surface area contributed by atoms with Gasteiger partial charge in [-0.25, -0.2) is 0 Å². The summed E-state index contributed by atoms with van der Waals surface area (Å²) in [6.07, 6.45) is 0. The van der Waals surface area contributed by atoms with E-state index in [-0.39, 0.29) is 12.3 Å². The van der Waals surface area contributed by atoms with E-state index in [1.54, 1.807) is 42.5 Å². The smallest absolute Gasteiger partial charge is 0.195 e. The molecule has 2 N–H and O–H groups in total. The molecule has 0 unspecified atom stereocenters. The fraction of sp³-hybridized carbons (Fsp3) is 0.0625. The summed E-state index contributed by atoms with van der Waals surface area (Å²) in [5.74, 6) is 5.39. The molecule has 5 nitrogen and oxygen atoms in total. The summed E-state index contributed by atoms with van der Waals surface area (Å²) < 4.78 is 0. The van der Waals surface area contributed by atoms with Crippen molar-refractivity contribution in [2.24, 2.45) is 5.11 Å². The molecule has 0 bridgehead atoms. The van der Waals surface area contributed by atoms with E-state index in [0.717, 1.165) is 0 Å². The van der Waals surface area contributed by atoms with Crippen LogP contribution >= 0.6 is 0 Å². The number of nitrogen functional groups attached to an aromatic ring is 1. The summed E-state index contributed by atoms with van der Waals surface area (Å²) in [4.78, 5) is 15.0. The van der Waals surface area contributed by atoms with Crippen molar-refractivity contribution >= 4 is 11.5 Å². The lowest BCUT2D eigenvalue weighted by Gasteiger charge is -2.05. The molecule has 0 saturated carbocycles. The minimum Gasteiger partial charge on any atom is -0.398 e. The first kappa shape index (κ1) is 14.2. The largest absolute Gasteiger partial charge is 0.398 e. The molecule has 0 atom stereocenters. The van der Waals surface area contributed by atoms with Crippen LogP contribution in [0.25, 0.3) is 10.4 Å². The van der Waals surface area contributed by atoms with Gasteiger partial charge in [0.15, 0.2) is 5.78 Å². The van der Waals surface area contributed by atoms with Crippen molar-refractivity contribution in [2.45, 2.75) is 0 Å². The summed E-state index contributed by atoms with van der Waals surface area (Å²) in [5.41, 5.74) is 16.1. The average Bonchev–Trinajstić information content (AvgIpc) is 2.53. The number of carbonyl (C=O) groups excluding carboxylic acids is 1. The molecule has 0 amide bonds. The molecule has 0 aliphatic carbocycles. The molecule has 0 aromatic heterocycles. The van der Waals surface area contributed by atoms with Crippen molar-refractivity contribution in [3.63, 3.8) is 0 Å². The Morgan fingerprint density at radius 1 is 1.24 bits per heavy atom. The summed E-state index contributed by atoms with van der Waals surface area (Å²) >= 11 is 0. The predicted octanol–water partition coefficient (Wildman–Crippen LogP) is 3.16. The van der Waals surface area contributed by atoms with Gasteiger partial charge in [0.25, 0.3) is 0 Å². The number of carbonyl (C=O) groups is 1. The molecule has 5 heteroatoms. The van der Waals surface area contributed by atoms with E-state index in [0.29, 0.717) is 22.4 Å². The van der Waals surface area contributed by atoms with Crippen LogP contribution in [0.1, 0.15) is 21.5 Å². The summed E-state index contributed by atoms with van der Waals surface area (Å²) in [5, 5.41) is 3.32. The number of benzene rings is 2. The van der Waals surface area contributed by atoms with Crippen LogP contribution in [0.2, 0.25) is 0 Å². The van der Waals surface area contributed by atoms with Crippen molar-refractivity contribution in [1.82, 2.24) is 0 Å². The van der Waals surface area contributed by atoms with Gasteiger partial charge in [0.2, 0.25) is 0 Å². The molecule has 0 spiro atoms. The van der Waals surface area contributed by atoms with E-state index >= 15 is 0 Å². The van der Waals surface area contributed by atoms with Crippen LogP contribution in [0.3, 0.4) is 0 Å². The highest BCUT2D eigenvalue weighted by atomic mass is 16.1. The molecule has 0 aliphatic rings. The molecular weight excluding hydrogens is 264 g/mol. The van der Waals surface area contributed by atoms with Gasteiger partial charge >= 0.3 is 0 Å². The van der Waals surface area contributed by atoms with E-state index in [9.17, 15) is 4.79 Å². The minimum absolute atomic E-state index is 0.0862. The Morgan fingerprint density at radius 2 is 2.00 bits per heavy atom. The second-order valence-corrected chi connectivity index (χ2v) is 4.19. The van der Waals surface area contributed by atoms with Crippen molar-refractivity contribution < 1.29 is 4.79 Å². The molecule has 0 fully saturated rings. The number of azide groups is 1. The number of hydrogen-bond donors (Lipinski definition) is 1. The fourth-order valence-electron chi connectivity index (χ4n) is 1.78. The monoisotopic (exact) mass is 276 g/mol. The Morgan fingerprint density at radius 3 is 2.71 bits per heavy atom. The van der Waals surface area contributed by atoms with Gasteiger partial charge in [0, 0.05) is 27.3 Å². The molecule has 2 aromatic rings. The van der Waals surface area contributed by atoms with Gasteiger partial charge in [0.1, 0.15) is 0 Å². The maximum atomic E-state index is 12.4. The van der Waals surface area contributed by atoms with E-state index in [1.165, 1.54) is 0 Å². The van der Waals surface area contributed by atoms with Crippen LogP contribution in [0.4, 0.5) is 5.69 Å². The first-order chi connectivity index (χ1) is 10.2. The minimum atomic E-state index is -0.146. The second-order valence-electron chi connectivity index (χ2n) is 4.19. The molecule has 102 valence electrons. The van der Waals surface area contributed by atoms with Crippen molar-refractivity contribution in [3.8, 4) is 11.8 Å². The number of hydrogen-bond acceptors (Lipinski definition) is 3. The second kappa shape index (κ2) is 6.80. The Balaban J connectivity index is 2.33. The van der Waals surface area contributed by atoms with Crippen LogP contribution in [0, 0.1) is 11.8 Å². The maximum Gasteiger partial charge on any atom is 0.195 e. The Hall–Kier alpha value is -3.22. The van der Waals surface area contributed by atoms with Crippen LogP contribution in [-0.4, -0.2) is 12.3 Å². The Labute approximate surface area is 122 Å². The van der Waals surface area contributed by atoms with Gasteiger partial charge in [0.05, 0.1) is 6.54 Å². The maximum absolute atomic E-state index is 12.4. The van der Waals surface area contributed by atoms with E-state index in [2.05, 4.69) is 21.9 Å².